The summed E-state index contributed by atoms with van der Waals surface area (Å²) in [5.41, 5.74) is 1.01. The number of rotatable bonds is 4. The summed E-state index contributed by atoms with van der Waals surface area (Å²) in [6.07, 6.45) is 1.78. The summed E-state index contributed by atoms with van der Waals surface area (Å²) in [6, 6.07) is 8.02. The van der Waals surface area contributed by atoms with Crippen molar-refractivity contribution in [1.82, 2.24) is 9.88 Å². The van der Waals surface area contributed by atoms with Crippen LogP contribution in [0.5, 0.6) is 0 Å². The first-order chi connectivity index (χ1) is 6.77. The van der Waals surface area contributed by atoms with Crippen molar-refractivity contribution in [3.05, 3.63) is 30.1 Å². The van der Waals surface area contributed by atoms with E-state index in [0.29, 0.717) is 0 Å². The van der Waals surface area contributed by atoms with Gasteiger partial charge in [0.1, 0.15) is 0 Å². The van der Waals surface area contributed by atoms with Crippen molar-refractivity contribution in [3.63, 3.8) is 0 Å². The molecule has 14 heavy (non-hydrogen) atoms. The maximum absolute atomic E-state index is 8.80. The molecule has 0 aliphatic rings. The maximum Gasteiger partial charge on any atom is 0.0952 e. The average molecular weight is 189 g/mol. The van der Waals surface area contributed by atoms with Crippen molar-refractivity contribution >= 4 is 0 Å². The zero-order valence-corrected chi connectivity index (χ0v) is 8.64. The summed E-state index contributed by atoms with van der Waals surface area (Å²) in [6.45, 7) is 5.57. The van der Waals surface area contributed by atoms with Crippen LogP contribution < -0.4 is 0 Å². The van der Waals surface area contributed by atoms with Crippen LogP contribution >= 0.6 is 0 Å². The van der Waals surface area contributed by atoms with Crippen LogP contribution in [0.2, 0.25) is 0 Å². The number of aromatic nitrogens is 1. The first-order valence-electron chi connectivity index (χ1n) is 4.81. The molecule has 3 nitrogen and oxygen atoms in total. The molecule has 0 aromatic carbocycles. The molecule has 0 aliphatic heterocycles. The molecule has 1 unspecified atom stereocenters. The lowest BCUT2D eigenvalue weighted by atomic mass is 10.2. The first-order valence-corrected chi connectivity index (χ1v) is 4.81. The highest BCUT2D eigenvalue weighted by atomic mass is 15.1. The molecule has 0 aliphatic carbocycles. The quantitative estimate of drug-likeness (QED) is 0.725. The standard InChI is InChI=1S/C11H15N3/c1-3-14(10(2)8-12)9-11-6-4-5-7-13-11/h4-7,10H,3,9H2,1-2H3. The van der Waals surface area contributed by atoms with Gasteiger partial charge in [-0.25, -0.2) is 0 Å². The zero-order chi connectivity index (χ0) is 10.4. The third-order valence-electron chi connectivity index (χ3n) is 2.23. The van der Waals surface area contributed by atoms with E-state index in [2.05, 4.69) is 22.9 Å². The Kier molecular flexibility index (Phi) is 4.09. The van der Waals surface area contributed by atoms with Crippen molar-refractivity contribution < 1.29 is 0 Å². The van der Waals surface area contributed by atoms with Gasteiger partial charge in [0.25, 0.3) is 0 Å². The molecule has 0 fully saturated rings. The topological polar surface area (TPSA) is 39.9 Å². The smallest absolute Gasteiger partial charge is 0.0952 e. The largest absolute Gasteiger partial charge is 0.283 e. The molecule has 1 aromatic heterocycles. The van der Waals surface area contributed by atoms with E-state index in [1.54, 1.807) is 6.20 Å². The second-order valence-corrected chi connectivity index (χ2v) is 3.19. The fourth-order valence-electron chi connectivity index (χ4n) is 1.30. The fourth-order valence-corrected chi connectivity index (χ4v) is 1.30. The average Bonchev–Trinajstić information content (AvgIpc) is 2.26. The van der Waals surface area contributed by atoms with Crippen molar-refractivity contribution in [2.75, 3.05) is 6.54 Å². The van der Waals surface area contributed by atoms with Gasteiger partial charge >= 0.3 is 0 Å². The van der Waals surface area contributed by atoms with Crippen LogP contribution in [0.25, 0.3) is 0 Å². The van der Waals surface area contributed by atoms with E-state index in [1.165, 1.54) is 0 Å². The minimum atomic E-state index is -0.0537. The van der Waals surface area contributed by atoms with Gasteiger partial charge in [0, 0.05) is 12.7 Å². The van der Waals surface area contributed by atoms with Crippen LogP contribution in [0, 0.1) is 11.3 Å². The summed E-state index contributed by atoms with van der Waals surface area (Å²) in [5, 5.41) is 8.80. The first kappa shape index (κ1) is 10.7. The number of hydrogen-bond acceptors (Lipinski definition) is 3. The van der Waals surface area contributed by atoms with Gasteiger partial charge in [-0.1, -0.05) is 13.0 Å². The van der Waals surface area contributed by atoms with E-state index < -0.39 is 0 Å². The van der Waals surface area contributed by atoms with Crippen LogP contribution in [0.3, 0.4) is 0 Å². The molecular formula is C11H15N3. The molecule has 3 heteroatoms. The Morgan fingerprint density at radius 1 is 1.57 bits per heavy atom. The molecular weight excluding hydrogens is 174 g/mol. The highest BCUT2D eigenvalue weighted by Gasteiger charge is 2.11. The number of hydrogen-bond donors (Lipinski definition) is 0. The molecule has 0 bridgehead atoms. The molecule has 0 radical (unpaired) electrons. The highest BCUT2D eigenvalue weighted by Crippen LogP contribution is 2.04. The molecule has 0 amide bonds. The SMILES string of the molecule is CCN(Cc1ccccn1)C(C)C#N. The minimum absolute atomic E-state index is 0.0537. The van der Waals surface area contributed by atoms with Crippen LogP contribution in [0.4, 0.5) is 0 Å². The van der Waals surface area contributed by atoms with Gasteiger partial charge in [-0.3, -0.25) is 9.88 Å². The minimum Gasteiger partial charge on any atom is -0.283 e. The lowest BCUT2D eigenvalue weighted by molar-refractivity contribution is 0.247. The van der Waals surface area contributed by atoms with E-state index in [1.807, 2.05) is 25.1 Å². The molecule has 1 heterocycles. The maximum atomic E-state index is 8.80. The molecule has 0 N–H and O–H groups in total. The normalized spacial score (nSPS) is 12.4. The molecule has 0 saturated heterocycles. The predicted octanol–water partition coefficient (Wildman–Crippen LogP) is 1.82. The van der Waals surface area contributed by atoms with E-state index in [4.69, 9.17) is 5.26 Å². The van der Waals surface area contributed by atoms with Gasteiger partial charge in [-0.15, -0.1) is 0 Å². The van der Waals surface area contributed by atoms with Gasteiger partial charge in [0.2, 0.25) is 0 Å². The molecule has 1 aromatic rings. The Bertz CT molecular complexity index is 302. The van der Waals surface area contributed by atoms with Crippen LogP contribution in [-0.2, 0) is 6.54 Å². The van der Waals surface area contributed by atoms with Crippen LogP contribution in [-0.4, -0.2) is 22.5 Å². The number of nitriles is 1. The summed E-state index contributed by atoms with van der Waals surface area (Å²) in [7, 11) is 0. The molecule has 1 atom stereocenters. The van der Waals surface area contributed by atoms with Gasteiger partial charge in [0.15, 0.2) is 0 Å². The molecule has 0 saturated carbocycles. The second-order valence-electron chi connectivity index (χ2n) is 3.19. The van der Waals surface area contributed by atoms with Crippen LogP contribution in [0.1, 0.15) is 19.5 Å². The number of pyridine rings is 1. The van der Waals surface area contributed by atoms with Gasteiger partial charge in [-0.05, 0) is 25.6 Å². The van der Waals surface area contributed by atoms with Crippen LogP contribution in [0.15, 0.2) is 24.4 Å². The van der Waals surface area contributed by atoms with E-state index in [0.717, 1.165) is 18.8 Å². The Morgan fingerprint density at radius 2 is 2.36 bits per heavy atom. The second kappa shape index (κ2) is 5.36. The summed E-state index contributed by atoms with van der Waals surface area (Å²) in [4.78, 5) is 6.32. The monoisotopic (exact) mass is 189 g/mol. The summed E-state index contributed by atoms with van der Waals surface area (Å²) in [5.74, 6) is 0. The Labute approximate surface area is 85.0 Å². The Morgan fingerprint density at radius 3 is 2.86 bits per heavy atom. The van der Waals surface area contributed by atoms with Crippen molar-refractivity contribution in [3.8, 4) is 6.07 Å². The van der Waals surface area contributed by atoms with Gasteiger partial charge in [0.05, 0.1) is 17.8 Å². The molecule has 1 rings (SSSR count). The third-order valence-corrected chi connectivity index (χ3v) is 2.23. The molecule has 74 valence electrons. The Hall–Kier alpha value is -1.40. The Balaban J connectivity index is 2.63. The van der Waals surface area contributed by atoms with E-state index in [9.17, 15) is 0 Å². The fraction of sp³-hybridized carbons (Fsp3) is 0.455. The van der Waals surface area contributed by atoms with Crippen molar-refractivity contribution in [2.45, 2.75) is 26.4 Å². The summed E-state index contributed by atoms with van der Waals surface area (Å²) < 4.78 is 0. The highest BCUT2D eigenvalue weighted by molar-refractivity contribution is 5.04. The van der Waals surface area contributed by atoms with Crippen molar-refractivity contribution in [1.29, 1.82) is 5.26 Å². The number of nitrogens with zero attached hydrogens (tertiary/aromatic N) is 3. The van der Waals surface area contributed by atoms with Gasteiger partial charge in [-0.2, -0.15) is 5.26 Å². The van der Waals surface area contributed by atoms with Gasteiger partial charge < -0.3 is 0 Å². The zero-order valence-electron chi connectivity index (χ0n) is 8.64. The van der Waals surface area contributed by atoms with E-state index >= 15 is 0 Å². The predicted molar refractivity (Wildman–Crippen MR) is 55.4 cm³/mol. The summed E-state index contributed by atoms with van der Waals surface area (Å²) >= 11 is 0. The lowest BCUT2D eigenvalue weighted by Gasteiger charge is -2.21. The van der Waals surface area contributed by atoms with Crippen molar-refractivity contribution in [2.24, 2.45) is 0 Å². The molecule has 0 spiro atoms. The van der Waals surface area contributed by atoms with E-state index in [-0.39, 0.29) is 6.04 Å². The lowest BCUT2D eigenvalue weighted by Crippen LogP contribution is -2.31. The third kappa shape index (κ3) is 2.82.